The molecule has 2 aromatic rings. The molecular weight excluding hydrogens is 523 g/mol. The lowest BCUT2D eigenvalue weighted by molar-refractivity contribution is -0.160. The Morgan fingerprint density at radius 3 is 2.36 bits per heavy atom. The highest BCUT2D eigenvalue weighted by Crippen LogP contribution is 2.52. The lowest BCUT2D eigenvalue weighted by Gasteiger charge is -2.52. The van der Waals surface area contributed by atoms with E-state index >= 15 is 0 Å². The minimum Gasteiger partial charge on any atom is -0.481 e. The molecule has 1 aliphatic heterocycles. The fourth-order valence-corrected chi connectivity index (χ4v) is 6.02. The van der Waals surface area contributed by atoms with Crippen LogP contribution in [-0.4, -0.2) is 48.6 Å². The zero-order valence-electron chi connectivity index (χ0n) is 20.6. The standard InChI is InChI=1S/C26H32Cl2N2O5S/c1-4-21(16-29-36(34,35)5-2)30-24(17-9-11-19(27)12-10-17)22(18-7-6-8-20(28)13-18)14-26(3,25(30)33)15-23(31)32/h6-13,21-22,24,29H,4-5,14-16H2,1-3H3,(H,31,32)/t21?,22-,24-,26-/m1/s1. The van der Waals surface area contributed by atoms with Gasteiger partial charge in [0.15, 0.2) is 0 Å². The Kier molecular flexibility index (Phi) is 9.09. The van der Waals surface area contributed by atoms with Crippen LogP contribution in [0.5, 0.6) is 0 Å². The summed E-state index contributed by atoms with van der Waals surface area (Å²) < 4.78 is 27.1. The number of piperidine rings is 1. The second kappa shape index (κ2) is 11.5. The van der Waals surface area contributed by atoms with Crippen molar-refractivity contribution in [1.82, 2.24) is 9.62 Å². The molecule has 0 saturated carbocycles. The molecule has 1 heterocycles. The van der Waals surface area contributed by atoms with E-state index in [1.807, 2.05) is 37.3 Å². The predicted octanol–water partition coefficient (Wildman–Crippen LogP) is 5.25. The summed E-state index contributed by atoms with van der Waals surface area (Å²) in [5.74, 6) is -1.75. The van der Waals surface area contributed by atoms with E-state index in [9.17, 15) is 23.1 Å². The normalized spacial score (nSPS) is 23.5. The van der Waals surface area contributed by atoms with Gasteiger partial charge in [0.25, 0.3) is 0 Å². The highest BCUT2D eigenvalue weighted by Gasteiger charge is 2.52. The summed E-state index contributed by atoms with van der Waals surface area (Å²) >= 11 is 12.5. The van der Waals surface area contributed by atoms with Crippen LogP contribution in [0.3, 0.4) is 0 Å². The molecule has 4 atom stereocenters. The van der Waals surface area contributed by atoms with E-state index in [4.69, 9.17) is 23.2 Å². The number of amides is 1. The Morgan fingerprint density at radius 1 is 1.14 bits per heavy atom. The van der Waals surface area contributed by atoms with Crippen molar-refractivity contribution in [3.8, 4) is 0 Å². The second-order valence-electron chi connectivity index (χ2n) is 9.52. The summed E-state index contributed by atoms with van der Waals surface area (Å²) in [5.41, 5.74) is 0.506. The second-order valence-corrected chi connectivity index (χ2v) is 12.5. The number of likely N-dealkylation sites (tertiary alicyclic amines) is 1. The number of nitrogens with one attached hydrogen (secondary N) is 1. The molecular formula is C26H32Cl2N2O5S. The lowest BCUT2D eigenvalue weighted by Crippen LogP contribution is -2.58. The molecule has 1 fully saturated rings. The number of halogens is 2. The molecule has 0 aromatic heterocycles. The third kappa shape index (κ3) is 6.40. The third-order valence-electron chi connectivity index (χ3n) is 6.92. The number of aliphatic carboxylic acids is 1. The van der Waals surface area contributed by atoms with Crippen molar-refractivity contribution in [2.45, 2.75) is 58.0 Å². The maximum absolute atomic E-state index is 14.1. The molecule has 7 nitrogen and oxygen atoms in total. The third-order valence-corrected chi connectivity index (χ3v) is 8.77. The molecule has 0 aliphatic carbocycles. The van der Waals surface area contributed by atoms with Crippen LogP contribution in [0.1, 0.15) is 63.1 Å². The number of benzene rings is 2. The average molecular weight is 556 g/mol. The van der Waals surface area contributed by atoms with Gasteiger partial charge in [-0.25, -0.2) is 13.1 Å². The molecule has 196 valence electrons. The van der Waals surface area contributed by atoms with E-state index in [0.29, 0.717) is 22.9 Å². The first kappa shape index (κ1) is 28.4. The summed E-state index contributed by atoms with van der Waals surface area (Å²) in [7, 11) is -3.50. The molecule has 0 radical (unpaired) electrons. The molecule has 1 amide bonds. The Morgan fingerprint density at radius 2 is 1.81 bits per heavy atom. The van der Waals surface area contributed by atoms with Gasteiger partial charge in [-0.15, -0.1) is 0 Å². The van der Waals surface area contributed by atoms with Crippen molar-refractivity contribution in [3.05, 3.63) is 69.7 Å². The van der Waals surface area contributed by atoms with Gasteiger partial charge in [0.1, 0.15) is 0 Å². The Bertz CT molecular complexity index is 1210. The molecule has 10 heteroatoms. The van der Waals surface area contributed by atoms with Gasteiger partial charge in [-0.1, -0.05) is 61.3 Å². The molecule has 0 spiro atoms. The molecule has 2 N–H and O–H groups in total. The Labute approximate surface area is 222 Å². The zero-order valence-corrected chi connectivity index (χ0v) is 22.9. The molecule has 36 heavy (non-hydrogen) atoms. The number of carbonyl (C=O) groups excluding carboxylic acids is 1. The van der Waals surface area contributed by atoms with Crippen LogP contribution < -0.4 is 4.72 Å². The van der Waals surface area contributed by atoms with Crippen LogP contribution in [0.4, 0.5) is 0 Å². The van der Waals surface area contributed by atoms with E-state index in [-0.39, 0.29) is 30.5 Å². The maximum atomic E-state index is 14.1. The summed E-state index contributed by atoms with van der Waals surface area (Å²) in [4.78, 5) is 27.6. The van der Waals surface area contributed by atoms with Gasteiger partial charge in [-0.05, 0) is 55.2 Å². The van der Waals surface area contributed by atoms with Crippen molar-refractivity contribution in [3.63, 3.8) is 0 Å². The highest BCUT2D eigenvalue weighted by molar-refractivity contribution is 7.89. The summed E-state index contributed by atoms with van der Waals surface area (Å²) in [6.45, 7) is 5.13. The fourth-order valence-electron chi connectivity index (χ4n) is 5.05. The van der Waals surface area contributed by atoms with E-state index in [0.717, 1.165) is 11.1 Å². The van der Waals surface area contributed by atoms with Crippen LogP contribution in [0.15, 0.2) is 48.5 Å². The number of hydrogen-bond acceptors (Lipinski definition) is 4. The number of carboxylic acid groups (broad SMARTS) is 1. The zero-order chi connectivity index (χ0) is 26.7. The van der Waals surface area contributed by atoms with Crippen LogP contribution in [-0.2, 0) is 19.6 Å². The smallest absolute Gasteiger partial charge is 0.304 e. The van der Waals surface area contributed by atoms with E-state index in [1.54, 1.807) is 36.9 Å². The number of carboxylic acids is 1. The van der Waals surface area contributed by atoms with E-state index in [1.165, 1.54) is 0 Å². The van der Waals surface area contributed by atoms with Crippen molar-refractivity contribution >= 4 is 45.1 Å². The number of carbonyl (C=O) groups is 2. The van der Waals surface area contributed by atoms with Crippen LogP contribution in [0.2, 0.25) is 10.0 Å². The largest absolute Gasteiger partial charge is 0.481 e. The molecule has 3 rings (SSSR count). The van der Waals surface area contributed by atoms with Gasteiger partial charge in [0.05, 0.1) is 23.6 Å². The van der Waals surface area contributed by atoms with Gasteiger partial charge in [0.2, 0.25) is 15.9 Å². The molecule has 2 aromatic carbocycles. The van der Waals surface area contributed by atoms with Crippen molar-refractivity contribution in [2.24, 2.45) is 5.41 Å². The first-order valence-corrected chi connectivity index (χ1v) is 14.3. The van der Waals surface area contributed by atoms with Crippen molar-refractivity contribution in [2.75, 3.05) is 12.3 Å². The van der Waals surface area contributed by atoms with Crippen molar-refractivity contribution < 1.29 is 23.1 Å². The first-order valence-electron chi connectivity index (χ1n) is 11.9. The SMILES string of the molecule is CCC(CNS(=O)(=O)CC)N1C(=O)[C@@](C)(CC(=O)O)C[C@H](c2cccc(Cl)c2)[C@H]1c1ccc(Cl)cc1. The molecule has 1 aliphatic rings. The number of sulfonamides is 1. The maximum Gasteiger partial charge on any atom is 0.304 e. The average Bonchev–Trinajstić information content (AvgIpc) is 2.82. The topological polar surface area (TPSA) is 104 Å². The van der Waals surface area contributed by atoms with Gasteiger partial charge in [0, 0.05) is 28.5 Å². The van der Waals surface area contributed by atoms with E-state index < -0.39 is 33.5 Å². The first-order chi connectivity index (χ1) is 16.9. The number of rotatable bonds is 10. The lowest BCUT2D eigenvalue weighted by atomic mass is 9.67. The van der Waals surface area contributed by atoms with Crippen molar-refractivity contribution in [1.29, 1.82) is 0 Å². The Balaban J connectivity index is 2.20. The van der Waals surface area contributed by atoms with Gasteiger partial charge in [-0.2, -0.15) is 0 Å². The van der Waals surface area contributed by atoms with E-state index in [2.05, 4.69) is 4.72 Å². The number of nitrogens with zero attached hydrogens (tertiary/aromatic N) is 1. The Hall–Kier alpha value is -2.13. The number of hydrogen-bond donors (Lipinski definition) is 2. The fraction of sp³-hybridized carbons (Fsp3) is 0.462. The quantitative estimate of drug-likeness (QED) is 0.417. The molecule has 1 unspecified atom stereocenters. The predicted molar refractivity (Wildman–Crippen MR) is 142 cm³/mol. The highest BCUT2D eigenvalue weighted by atomic mass is 35.5. The summed E-state index contributed by atoms with van der Waals surface area (Å²) in [5, 5.41) is 10.8. The summed E-state index contributed by atoms with van der Waals surface area (Å²) in [6.07, 6.45) is 0.413. The van der Waals surface area contributed by atoms with Gasteiger partial charge < -0.3 is 10.0 Å². The van der Waals surface area contributed by atoms with Crippen LogP contribution in [0, 0.1) is 5.41 Å². The van der Waals surface area contributed by atoms with Gasteiger partial charge in [-0.3, -0.25) is 9.59 Å². The summed E-state index contributed by atoms with van der Waals surface area (Å²) in [6, 6.07) is 13.6. The van der Waals surface area contributed by atoms with Gasteiger partial charge >= 0.3 is 5.97 Å². The molecule has 0 bridgehead atoms. The molecule has 1 saturated heterocycles. The van der Waals surface area contributed by atoms with Crippen LogP contribution >= 0.6 is 23.2 Å². The minimum absolute atomic E-state index is 0.0217. The van der Waals surface area contributed by atoms with Crippen LogP contribution in [0.25, 0.3) is 0 Å². The monoisotopic (exact) mass is 554 g/mol. The minimum atomic E-state index is -3.50.